The lowest BCUT2D eigenvalue weighted by Gasteiger charge is -2.14. The molecule has 0 aromatic heterocycles. The molecule has 8 heteroatoms. The first-order valence-electron chi connectivity index (χ1n) is 7.59. The van der Waals surface area contributed by atoms with Crippen LogP contribution in [0.15, 0.2) is 12.1 Å². The monoisotopic (exact) mass is 359 g/mol. The zero-order chi connectivity index (χ0) is 17.2. The van der Waals surface area contributed by atoms with Crippen molar-refractivity contribution >= 4 is 29.9 Å². The SMILES string of the molecule is COc1cc(NC(=O)CCCCCCN)c(C(N)=O)cc1OC.Cl. The summed E-state index contributed by atoms with van der Waals surface area (Å²) < 4.78 is 10.3. The van der Waals surface area contributed by atoms with Crippen LogP contribution in [-0.4, -0.2) is 32.6 Å². The predicted molar refractivity (Wildman–Crippen MR) is 96.1 cm³/mol. The first-order chi connectivity index (χ1) is 11.0. The van der Waals surface area contributed by atoms with Gasteiger partial charge in [0.2, 0.25) is 5.91 Å². The van der Waals surface area contributed by atoms with Gasteiger partial charge in [0, 0.05) is 12.5 Å². The van der Waals surface area contributed by atoms with Gasteiger partial charge in [-0.15, -0.1) is 12.4 Å². The van der Waals surface area contributed by atoms with Gasteiger partial charge in [-0.2, -0.15) is 0 Å². The van der Waals surface area contributed by atoms with Crippen LogP contribution in [0.4, 0.5) is 5.69 Å². The van der Waals surface area contributed by atoms with E-state index in [-0.39, 0.29) is 23.9 Å². The zero-order valence-corrected chi connectivity index (χ0v) is 14.9. The maximum absolute atomic E-state index is 12.0. The summed E-state index contributed by atoms with van der Waals surface area (Å²) in [5.74, 6) is -0.0338. The second-order valence-corrected chi connectivity index (χ2v) is 5.12. The number of amides is 2. The number of hydrogen-bond acceptors (Lipinski definition) is 5. The average Bonchev–Trinajstić information content (AvgIpc) is 2.53. The van der Waals surface area contributed by atoms with Crippen molar-refractivity contribution in [2.75, 3.05) is 26.1 Å². The Balaban J connectivity index is 0.00000529. The van der Waals surface area contributed by atoms with E-state index in [1.165, 1.54) is 26.4 Å². The number of primary amides is 1. The van der Waals surface area contributed by atoms with Crippen LogP contribution in [0.3, 0.4) is 0 Å². The molecule has 0 radical (unpaired) electrons. The fourth-order valence-corrected chi connectivity index (χ4v) is 2.18. The summed E-state index contributed by atoms with van der Waals surface area (Å²) in [6.07, 6.45) is 4.05. The number of nitrogens with two attached hydrogens (primary N) is 2. The highest BCUT2D eigenvalue weighted by atomic mass is 35.5. The summed E-state index contributed by atoms with van der Waals surface area (Å²) in [6, 6.07) is 2.99. The van der Waals surface area contributed by atoms with E-state index in [2.05, 4.69) is 5.32 Å². The van der Waals surface area contributed by atoms with E-state index in [1.54, 1.807) is 0 Å². The molecule has 1 aromatic rings. The summed E-state index contributed by atoms with van der Waals surface area (Å²) in [4.78, 5) is 23.6. The fourth-order valence-electron chi connectivity index (χ4n) is 2.18. The Morgan fingerprint density at radius 2 is 1.62 bits per heavy atom. The minimum atomic E-state index is -0.649. The molecular formula is C16H26ClN3O4. The van der Waals surface area contributed by atoms with Crippen molar-refractivity contribution < 1.29 is 19.1 Å². The minimum absolute atomic E-state index is 0. The lowest BCUT2D eigenvalue weighted by atomic mass is 10.1. The van der Waals surface area contributed by atoms with Crippen molar-refractivity contribution in [1.29, 1.82) is 0 Å². The Bertz CT molecular complexity index is 552. The molecule has 0 atom stereocenters. The number of ether oxygens (including phenoxy) is 2. The second kappa shape index (κ2) is 11.5. The maximum Gasteiger partial charge on any atom is 0.250 e. The molecule has 136 valence electrons. The largest absolute Gasteiger partial charge is 0.493 e. The predicted octanol–water partition coefficient (Wildman–Crippen LogP) is 2.07. The van der Waals surface area contributed by atoms with Gasteiger partial charge in [-0.3, -0.25) is 9.59 Å². The number of nitrogens with one attached hydrogen (secondary N) is 1. The van der Waals surface area contributed by atoms with E-state index in [0.29, 0.717) is 30.2 Å². The van der Waals surface area contributed by atoms with Crippen LogP contribution in [0.5, 0.6) is 11.5 Å². The summed E-state index contributed by atoms with van der Waals surface area (Å²) in [6.45, 7) is 0.666. The number of benzene rings is 1. The van der Waals surface area contributed by atoms with E-state index < -0.39 is 5.91 Å². The Morgan fingerprint density at radius 1 is 1.04 bits per heavy atom. The zero-order valence-electron chi connectivity index (χ0n) is 14.1. The first-order valence-corrected chi connectivity index (χ1v) is 7.59. The third kappa shape index (κ3) is 6.64. The number of methoxy groups -OCH3 is 2. The number of anilines is 1. The van der Waals surface area contributed by atoms with Crippen LogP contribution in [0.25, 0.3) is 0 Å². The lowest BCUT2D eigenvalue weighted by Crippen LogP contribution is -2.18. The number of unbranched alkanes of at least 4 members (excludes halogenated alkanes) is 3. The number of carbonyl (C=O) groups is 2. The highest BCUT2D eigenvalue weighted by Crippen LogP contribution is 2.33. The molecule has 7 nitrogen and oxygen atoms in total. The van der Waals surface area contributed by atoms with Crippen molar-refractivity contribution in [3.8, 4) is 11.5 Å². The van der Waals surface area contributed by atoms with Gasteiger partial charge in [0.15, 0.2) is 11.5 Å². The van der Waals surface area contributed by atoms with E-state index >= 15 is 0 Å². The van der Waals surface area contributed by atoms with Crippen LogP contribution < -0.4 is 26.3 Å². The molecule has 24 heavy (non-hydrogen) atoms. The lowest BCUT2D eigenvalue weighted by molar-refractivity contribution is -0.116. The minimum Gasteiger partial charge on any atom is -0.493 e. The Morgan fingerprint density at radius 3 is 2.17 bits per heavy atom. The smallest absolute Gasteiger partial charge is 0.250 e. The number of hydrogen-bond donors (Lipinski definition) is 3. The molecule has 0 unspecified atom stereocenters. The summed E-state index contributed by atoms with van der Waals surface area (Å²) in [5.41, 5.74) is 11.3. The molecular weight excluding hydrogens is 334 g/mol. The van der Waals surface area contributed by atoms with Gasteiger partial charge in [0.25, 0.3) is 5.91 Å². The van der Waals surface area contributed by atoms with Gasteiger partial charge in [-0.05, 0) is 25.5 Å². The van der Waals surface area contributed by atoms with Crippen molar-refractivity contribution in [2.24, 2.45) is 11.5 Å². The second-order valence-electron chi connectivity index (χ2n) is 5.12. The van der Waals surface area contributed by atoms with Crippen molar-refractivity contribution in [2.45, 2.75) is 32.1 Å². The average molecular weight is 360 g/mol. The van der Waals surface area contributed by atoms with Gasteiger partial charge >= 0.3 is 0 Å². The van der Waals surface area contributed by atoms with E-state index in [0.717, 1.165) is 25.7 Å². The van der Waals surface area contributed by atoms with Crippen LogP contribution in [-0.2, 0) is 4.79 Å². The van der Waals surface area contributed by atoms with Crippen molar-refractivity contribution in [3.63, 3.8) is 0 Å². The molecule has 0 fully saturated rings. The molecule has 5 N–H and O–H groups in total. The molecule has 0 heterocycles. The van der Waals surface area contributed by atoms with E-state index in [4.69, 9.17) is 20.9 Å². The fraction of sp³-hybridized carbons (Fsp3) is 0.500. The Kier molecular flexibility index (Phi) is 10.6. The molecule has 0 saturated heterocycles. The highest BCUT2D eigenvalue weighted by Gasteiger charge is 2.16. The molecule has 0 aliphatic rings. The molecule has 0 spiro atoms. The first kappa shape index (κ1) is 22.0. The van der Waals surface area contributed by atoms with Crippen LogP contribution in [0, 0.1) is 0 Å². The van der Waals surface area contributed by atoms with Gasteiger partial charge in [0.1, 0.15) is 0 Å². The molecule has 0 aliphatic carbocycles. The summed E-state index contributed by atoms with van der Waals surface area (Å²) in [7, 11) is 2.94. The molecule has 2 amide bonds. The molecule has 1 aromatic carbocycles. The number of halogens is 1. The van der Waals surface area contributed by atoms with Gasteiger partial charge in [0.05, 0.1) is 25.5 Å². The highest BCUT2D eigenvalue weighted by molar-refractivity contribution is 6.03. The van der Waals surface area contributed by atoms with Crippen LogP contribution in [0.1, 0.15) is 42.5 Å². The van der Waals surface area contributed by atoms with Crippen molar-refractivity contribution in [3.05, 3.63) is 17.7 Å². The molecule has 0 aliphatic heterocycles. The summed E-state index contributed by atoms with van der Waals surface area (Å²) >= 11 is 0. The van der Waals surface area contributed by atoms with Gasteiger partial charge < -0.3 is 26.3 Å². The van der Waals surface area contributed by atoms with Gasteiger partial charge in [-0.1, -0.05) is 12.8 Å². The van der Waals surface area contributed by atoms with Gasteiger partial charge in [-0.25, -0.2) is 0 Å². The molecule has 1 rings (SSSR count). The van der Waals surface area contributed by atoms with Crippen LogP contribution in [0.2, 0.25) is 0 Å². The van der Waals surface area contributed by atoms with Crippen LogP contribution >= 0.6 is 12.4 Å². The number of rotatable bonds is 10. The van der Waals surface area contributed by atoms with E-state index in [1.807, 2.05) is 0 Å². The topological polar surface area (TPSA) is 117 Å². The number of carbonyl (C=O) groups excluding carboxylic acids is 2. The molecule has 0 bridgehead atoms. The van der Waals surface area contributed by atoms with E-state index in [9.17, 15) is 9.59 Å². The maximum atomic E-state index is 12.0. The quantitative estimate of drug-likeness (QED) is 0.553. The van der Waals surface area contributed by atoms with Crippen molar-refractivity contribution in [1.82, 2.24) is 0 Å². The third-order valence-corrected chi connectivity index (χ3v) is 3.42. The summed E-state index contributed by atoms with van der Waals surface area (Å²) in [5, 5.41) is 2.71. The Hall–Kier alpha value is -1.99. The molecule has 0 saturated carbocycles. The third-order valence-electron chi connectivity index (χ3n) is 3.42. The standard InChI is InChI=1S/C16H25N3O4.ClH/c1-22-13-9-11(16(18)21)12(10-14(13)23-2)19-15(20)7-5-3-4-6-8-17;/h9-10H,3-8,17H2,1-2H3,(H2,18,21)(H,19,20);1H. The Labute approximate surface area is 148 Å². The normalized spacial score (nSPS) is 9.79.